The molecule has 108 valence electrons. The molecule has 0 radical (unpaired) electrons. The van der Waals surface area contributed by atoms with Crippen molar-refractivity contribution in [3.8, 4) is 0 Å². The number of aromatic nitrogens is 1. The van der Waals surface area contributed by atoms with Crippen LogP contribution in [0.3, 0.4) is 0 Å². The molecule has 0 spiro atoms. The number of amides is 1. The molecule has 6 heteroatoms. The number of carboxylic acids is 1. The first-order valence-electron chi connectivity index (χ1n) is 6.66. The molecule has 3 rings (SSSR count). The molecule has 2 aromatic rings. The van der Waals surface area contributed by atoms with Gasteiger partial charge in [-0.05, 0) is 23.6 Å². The topological polar surface area (TPSA) is 73.7 Å². The van der Waals surface area contributed by atoms with Crippen LogP contribution in [0.4, 0.5) is 5.69 Å². The molecule has 21 heavy (non-hydrogen) atoms. The second kappa shape index (κ2) is 5.05. The van der Waals surface area contributed by atoms with Crippen LogP contribution < -0.4 is 4.90 Å². The third kappa shape index (κ3) is 2.52. The molecule has 1 amide bonds. The van der Waals surface area contributed by atoms with Crippen LogP contribution in [0, 0.1) is 0 Å². The van der Waals surface area contributed by atoms with Gasteiger partial charge in [0, 0.05) is 37.4 Å². The first-order valence-corrected chi connectivity index (χ1v) is 6.66. The van der Waals surface area contributed by atoms with E-state index < -0.39 is 5.97 Å². The van der Waals surface area contributed by atoms with Crippen LogP contribution in [-0.2, 0) is 4.79 Å². The van der Waals surface area contributed by atoms with Gasteiger partial charge in [-0.15, -0.1) is 0 Å². The van der Waals surface area contributed by atoms with Crippen LogP contribution in [0.25, 0.3) is 10.8 Å². The molecule has 2 heterocycles. The summed E-state index contributed by atoms with van der Waals surface area (Å²) in [6.07, 6.45) is 1.55. The average Bonchev–Trinajstić information content (AvgIpc) is 2.49. The van der Waals surface area contributed by atoms with Gasteiger partial charge >= 0.3 is 5.97 Å². The van der Waals surface area contributed by atoms with Gasteiger partial charge in [-0.2, -0.15) is 0 Å². The number of carboxylic acid groups (broad SMARTS) is 1. The van der Waals surface area contributed by atoms with E-state index in [4.69, 9.17) is 5.11 Å². The number of hydrogen-bond donors (Lipinski definition) is 1. The number of likely N-dealkylation sites (N-methyl/N-ethyl adjacent to an activating group) is 1. The van der Waals surface area contributed by atoms with Crippen LogP contribution in [0.5, 0.6) is 0 Å². The van der Waals surface area contributed by atoms with E-state index in [0.29, 0.717) is 13.1 Å². The molecular weight excluding hydrogens is 270 g/mol. The van der Waals surface area contributed by atoms with Gasteiger partial charge in [0.1, 0.15) is 5.69 Å². The summed E-state index contributed by atoms with van der Waals surface area (Å²) in [6, 6.07) is 7.29. The van der Waals surface area contributed by atoms with Gasteiger partial charge < -0.3 is 14.9 Å². The molecule has 1 aromatic heterocycles. The summed E-state index contributed by atoms with van der Waals surface area (Å²) in [5, 5.41) is 10.7. The van der Waals surface area contributed by atoms with Crippen molar-refractivity contribution in [2.75, 3.05) is 31.6 Å². The standard InChI is InChI=1S/C15H15N3O3/c1-17-4-5-18(9-14(17)19)12-3-2-10-8-16-13(15(20)21)7-11(10)6-12/h2-3,6-8H,4-5,9H2,1H3,(H,20,21). The Kier molecular flexibility index (Phi) is 3.21. The number of anilines is 1. The van der Waals surface area contributed by atoms with Crippen molar-refractivity contribution in [1.82, 2.24) is 9.88 Å². The third-order valence-electron chi connectivity index (χ3n) is 3.75. The van der Waals surface area contributed by atoms with E-state index in [1.807, 2.05) is 23.1 Å². The molecule has 1 saturated heterocycles. The fourth-order valence-electron chi connectivity index (χ4n) is 2.42. The molecule has 0 aliphatic carbocycles. The number of fused-ring (bicyclic) bond motifs is 1. The number of pyridine rings is 1. The zero-order valence-corrected chi connectivity index (χ0v) is 11.6. The minimum Gasteiger partial charge on any atom is -0.477 e. The van der Waals surface area contributed by atoms with Crippen molar-refractivity contribution in [3.63, 3.8) is 0 Å². The molecule has 6 nitrogen and oxygen atoms in total. The number of piperazine rings is 1. The monoisotopic (exact) mass is 285 g/mol. The predicted octanol–water partition coefficient (Wildman–Crippen LogP) is 1.21. The molecule has 1 fully saturated rings. The van der Waals surface area contributed by atoms with Crippen LogP contribution >= 0.6 is 0 Å². The summed E-state index contributed by atoms with van der Waals surface area (Å²) in [5.41, 5.74) is 0.945. The number of benzene rings is 1. The molecule has 0 saturated carbocycles. The maximum atomic E-state index is 11.8. The quantitative estimate of drug-likeness (QED) is 0.898. The molecule has 0 unspecified atom stereocenters. The van der Waals surface area contributed by atoms with Crippen LogP contribution in [0.2, 0.25) is 0 Å². The Hall–Kier alpha value is -2.63. The van der Waals surface area contributed by atoms with Gasteiger partial charge in [-0.25, -0.2) is 9.78 Å². The van der Waals surface area contributed by atoms with E-state index in [9.17, 15) is 9.59 Å². The molecule has 1 aromatic carbocycles. The molecule has 1 aliphatic rings. The summed E-state index contributed by atoms with van der Waals surface area (Å²) < 4.78 is 0. The van der Waals surface area contributed by atoms with Gasteiger partial charge in [0.25, 0.3) is 0 Å². The van der Waals surface area contributed by atoms with Gasteiger partial charge in [0.05, 0.1) is 6.54 Å². The van der Waals surface area contributed by atoms with Crippen molar-refractivity contribution in [3.05, 3.63) is 36.2 Å². The van der Waals surface area contributed by atoms with Gasteiger partial charge in [0.15, 0.2) is 0 Å². The smallest absolute Gasteiger partial charge is 0.354 e. The Bertz CT molecular complexity index is 729. The van der Waals surface area contributed by atoms with Crippen molar-refractivity contribution >= 4 is 28.3 Å². The van der Waals surface area contributed by atoms with Crippen LogP contribution in [0.1, 0.15) is 10.5 Å². The predicted molar refractivity (Wildman–Crippen MR) is 78.6 cm³/mol. The van der Waals surface area contributed by atoms with Crippen molar-refractivity contribution in [2.24, 2.45) is 0 Å². The van der Waals surface area contributed by atoms with Gasteiger partial charge in [0.2, 0.25) is 5.91 Å². The Morgan fingerprint density at radius 2 is 2.05 bits per heavy atom. The summed E-state index contributed by atoms with van der Waals surface area (Å²) in [6.45, 7) is 1.80. The molecule has 0 atom stereocenters. The Morgan fingerprint density at radius 1 is 1.24 bits per heavy atom. The van der Waals surface area contributed by atoms with E-state index in [0.717, 1.165) is 23.0 Å². The molecule has 1 aliphatic heterocycles. The maximum absolute atomic E-state index is 11.8. The first-order chi connectivity index (χ1) is 10.0. The number of hydrogen-bond acceptors (Lipinski definition) is 4. The lowest BCUT2D eigenvalue weighted by molar-refractivity contribution is -0.129. The van der Waals surface area contributed by atoms with E-state index >= 15 is 0 Å². The lowest BCUT2D eigenvalue weighted by Gasteiger charge is -2.33. The highest BCUT2D eigenvalue weighted by Crippen LogP contribution is 2.23. The number of carbonyl (C=O) groups excluding carboxylic acids is 1. The highest BCUT2D eigenvalue weighted by atomic mass is 16.4. The number of nitrogens with zero attached hydrogens (tertiary/aromatic N) is 3. The van der Waals surface area contributed by atoms with Crippen molar-refractivity contribution in [2.45, 2.75) is 0 Å². The molecule has 0 bridgehead atoms. The Balaban J connectivity index is 1.96. The number of carbonyl (C=O) groups is 2. The Morgan fingerprint density at radius 3 is 2.76 bits per heavy atom. The molecular formula is C15H15N3O3. The zero-order valence-electron chi connectivity index (χ0n) is 11.6. The summed E-state index contributed by atoms with van der Waals surface area (Å²) >= 11 is 0. The van der Waals surface area contributed by atoms with Gasteiger partial charge in [-0.1, -0.05) is 6.07 Å². The van der Waals surface area contributed by atoms with Crippen molar-refractivity contribution in [1.29, 1.82) is 0 Å². The van der Waals surface area contributed by atoms with Crippen LogP contribution in [-0.4, -0.2) is 53.5 Å². The molecule has 1 N–H and O–H groups in total. The van der Waals surface area contributed by atoms with Gasteiger partial charge in [-0.3, -0.25) is 4.79 Å². The highest BCUT2D eigenvalue weighted by molar-refractivity contribution is 5.93. The van der Waals surface area contributed by atoms with Crippen molar-refractivity contribution < 1.29 is 14.7 Å². The fraction of sp³-hybridized carbons (Fsp3) is 0.267. The highest BCUT2D eigenvalue weighted by Gasteiger charge is 2.21. The number of rotatable bonds is 2. The lowest BCUT2D eigenvalue weighted by Crippen LogP contribution is -2.48. The fourth-order valence-corrected chi connectivity index (χ4v) is 2.42. The average molecular weight is 285 g/mol. The van der Waals surface area contributed by atoms with E-state index in [2.05, 4.69) is 4.98 Å². The minimum atomic E-state index is -1.04. The lowest BCUT2D eigenvalue weighted by atomic mass is 10.1. The second-order valence-electron chi connectivity index (χ2n) is 5.14. The summed E-state index contributed by atoms with van der Waals surface area (Å²) in [5.74, 6) is -0.959. The minimum absolute atomic E-state index is 0.0223. The summed E-state index contributed by atoms with van der Waals surface area (Å²) in [4.78, 5) is 30.4. The third-order valence-corrected chi connectivity index (χ3v) is 3.75. The second-order valence-corrected chi connectivity index (χ2v) is 5.14. The maximum Gasteiger partial charge on any atom is 0.354 e. The summed E-state index contributed by atoms with van der Waals surface area (Å²) in [7, 11) is 1.80. The van der Waals surface area contributed by atoms with E-state index in [1.54, 1.807) is 24.2 Å². The number of aromatic carboxylic acids is 1. The van der Waals surface area contributed by atoms with E-state index in [-0.39, 0.29) is 11.6 Å². The SMILES string of the molecule is CN1CCN(c2ccc3cnc(C(=O)O)cc3c2)CC1=O. The normalized spacial score (nSPS) is 15.6. The van der Waals surface area contributed by atoms with E-state index in [1.165, 1.54) is 0 Å². The first kappa shape index (κ1) is 13.4. The Labute approximate surface area is 121 Å². The largest absolute Gasteiger partial charge is 0.477 e. The van der Waals surface area contributed by atoms with Crippen LogP contribution in [0.15, 0.2) is 30.5 Å². The zero-order chi connectivity index (χ0) is 15.0.